The lowest BCUT2D eigenvalue weighted by molar-refractivity contribution is -0.137. The first-order chi connectivity index (χ1) is 8.79. The van der Waals surface area contributed by atoms with Crippen molar-refractivity contribution in [1.29, 1.82) is 0 Å². The zero-order valence-electron chi connectivity index (χ0n) is 9.14. The molecule has 0 fully saturated rings. The van der Waals surface area contributed by atoms with Gasteiger partial charge in [0.2, 0.25) is 0 Å². The molecule has 0 aliphatic rings. The molecule has 0 saturated heterocycles. The minimum Gasteiger partial charge on any atom is -0.166 e. The SMILES string of the molecule is FC(F)(F)c1cccc(C(Br)c2cc(Br)c(Cl)s2)c1. The van der Waals surface area contributed by atoms with Gasteiger partial charge in [-0.05, 0) is 33.6 Å². The Bertz CT molecular complexity index is 575. The van der Waals surface area contributed by atoms with Gasteiger partial charge in [-0.3, -0.25) is 0 Å². The van der Waals surface area contributed by atoms with E-state index in [9.17, 15) is 13.2 Å². The summed E-state index contributed by atoms with van der Waals surface area (Å²) in [4.78, 5) is 0.528. The Hall–Kier alpha value is -0.0400. The number of thiophene rings is 1. The largest absolute Gasteiger partial charge is 0.416 e. The van der Waals surface area contributed by atoms with Crippen LogP contribution in [0.25, 0.3) is 0 Å². The van der Waals surface area contributed by atoms with E-state index in [4.69, 9.17) is 11.6 Å². The summed E-state index contributed by atoms with van der Waals surface area (Å²) >= 11 is 13.9. The van der Waals surface area contributed by atoms with Gasteiger partial charge >= 0.3 is 6.18 Å². The van der Waals surface area contributed by atoms with Crippen molar-refractivity contribution in [3.63, 3.8) is 0 Å². The van der Waals surface area contributed by atoms with Crippen LogP contribution in [-0.4, -0.2) is 0 Å². The molecule has 2 rings (SSSR count). The zero-order chi connectivity index (χ0) is 14.2. The Morgan fingerprint density at radius 3 is 2.42 bits per heavy atom. The van der Waals surface area contributed by atoms with Crippen LogP contribution in [0.2, 0.25) is 4.34 Å². The van der Waals surface area contributed by atoms with Gasteiger partial charge in [0.15, 0.2) is 0 Å². The van der Waals surface area contributed by atoms with Crippen molar-refractivity contribution in [2.45, 2.75) is 11.0 Å². The average Bonchev–Trinajstić information content (AvgIpc) is 2.68. The Morgan fingerprint density at radius 1 is 1.21 bits per heavy atom. The maximum atomic E-state index is 12.7. The van der Waals surface area contributed by atoms with Crippen LogP contribution >= 0.6 is 54.8 Å². The molecule has 102 valence electrons. The lowest BCUT2D eigenvalue weighted by atomic mass is 10.1. The van der Waals surface area contributed by atoms with Crippen LogP contribution in [0.5, 0.6) is 0 Å². The molecule has 7 heteroatoms. The van der Waals surface area contributed by atoms with Gasteiger partial charge < -0.3 is 0 Å². The molecular weight excluding hydrogens is 428 g/mol. The van der Waals surface area contributed by atoms with Gasteiger partial charge in [-0.25, -0.2) is 0 Å². The molecular formula is C12H6Br2ClF3S. The van der Waals surface area contributed by atoms with E-state index in [1.54, 1.807) is 12.1 Å². The van der Waals surface area contributed by atoms with Gasteiger partial charge in [0.1, 0.15) is 4.34 Å². The minimum atomic E-state index is -4.34. The summed E-state index contributed by atoms with van der Waals surface area (Å²) in [6.07, 6.45) is -4.34. The lowest BCUT2D eigenvalue weighted by Crippen LogP contribution is -2.05. The van der Waals surface area contributed by atoms with Gasteiger partial charge in [-0.15, -0.1) is 11.3 Å². The number of halogens is 6. The van der Waals surface area contributed by atoms with Crippen molar-refractivity contribution >= 4 is 54.8 Å². The van der Waals surface area contributed by atoms with Gasteiger partial charge in [-0.2, -0.15) is 13.2 Å². The highest BCUT2D eigenvalue weighted by atomic mass is 79.9. The molecule has 19 heavy (non-hydrogen) atoms. The standard InChI is InChI=1S/C12H6Br2ClF3S/c13-8-5-9(19-11(8)15)10(14)6-2-1-3-7(4-6)12(16,17)18/h1-5,10H. The predicted octanol–water partition coefficient (Wildman–Crippen LogP) is 6.67. The fourth-order valence-electron chi connectivity index (χ4n) is 1.53. The Balaban J connectivity index is 2.36. The van der Waals surface area contributed by atoms with Crippen molar-refractivity contribution in [3.8, 4) is 0 Å². The number of alkyl halides is 4. The molecule has 0 amide bonds. The molecule has 1 aromatic heterocycles. The Kier molecular flexibility index (Phi) is 4.65. The van der Waals surface area contributed by atoms with Gasteiger partial charge in [0.25, 0.3) is 0 Å². The highest BCUT2D eigenvalue weighted by Gasteiger charge is 2.31. The number of rotatable bonds is 2. The molecule has 1 heterocycles. The van der Waals surface area contributed by atoms with E-state index in [1.807, 2.05) is 0 Å². The van der Waals surface area contributed by atoms with E-state index in [2.05, 4.69) is 31.9 Å². The first kappa shape index (κ1) is 15.4. The molecule has 1 unspecified atom stereocenters. The van der Waals surface area contributed by atoms with Gasteiger partial charge in [-0.1, -0.05) is 45.7 Å². The molecule has 1 atom stereocenters. The number of benzene rings is 1. The normalized spacial score (nSPS) is 13.6. The van der Waals surface area contributed by atoms with Gasteiger partial charge in [0.05, 0.1) is 10.4 Å². The van der Waals surface area contributed by atoms with Crippen molar-refractivity contribution in [1.82, 2.24) is 0 Å². The third-order valence-corrected chi connectivity index (χ3v) is 6.29. The molecule has 0 aliphatic carbocycles. The van der Waals surface area contributed by atoms with Crippen molar-refractivity contribution in [2.24, 2.45) is 0 Å². The molecule has 1 aromatic carbocycles. The number of hydrogen-bond donors (Lipinski definition) is 0. The smallest absolute Gasteiger partial charge is 0.166 e. The fourth-order valence-corrected chi connectivity index (χ4v) is 3.96. The number of hydrogen-bond acceptors (Lipinski definition) is 1. The van der Waals surface area contributed by atoms with Crippen LogP contribution in [-0.2, 0) is 6.18 Å². The molecule has 0 aliphatic heterocycles. The quantitative estimate of drug-likeness (QED) is 0.463. The topological polar surface area (TPSA) is 0 Å². The van der Waals surface area contributed by atoms with E-state index < -0.39 is 11.7 Å². The molecule has 0 N–H and O–H groups in total. The second-order valence-corrected chi connectivity index (χ2v) is 7.21. The molecule has 2 aromatic rings. The summed E-state index contributed by atoms with van der Waals surface area (Å²) in [5.41, 5.74) is -0.114. The maximum Gasteiger partial charge on any atom is 0.416 e. The highest BCUT2D eigenvalue weighted by Crippen LogP contribution is 2.42. The summed E-state index contributed by atoms with van der Waals surface area (Å²) in [5.74, 6) is 0. The zero-order valence-corrected chi connectivity index (χ0v) is 13.9. The lowest BCUT2D eigenvalue weighted by Gasteiger charge is -2.12. The van der Waals surface area contributed by atoms with E-state index in [1.165, 1.54) is 17.4 Å². The predicted molar refractivity (Wildman–Crippen MR) is 79.2 cm³/mol. The fraction of sp³-hybridized carbons (Fsp3) is 0.167. The first-order valence-electron chi connectivity index (χ1n) is 5.05. The first-order valence-corrected chi connectivity index (χ1v) is 7.95. The summed E-state index contributed by atoms with van der Waals surface area (Å²) in [6, 6.07) is 7.04. The van der Waals surface area contributed by atoms with Crippen LogP contribution < -0.4 is 0 Å². The molecule has 0 nitrogen and oxygen atoms in total. The highest BCUT2D eigenvalue weighted by molar-refractivity contribution is 9.10. The summed E-state index contributed by atoms with van der Waals surface area (Å²) in [6.45, 7) is 0. The van der Waals surface area contributed by atoms with Crippen LogP contribution in [0, 0.1) is 0 Å². The van der Waals surface area contributed by atoms with E-state index >= 15 is 0 Å². The van der Waals surface area contributed by atoms with Crippen molar-refractivity contribution in [2.75, 3.05) is 0 Å². The molecule has 0 radical (unpaired) electrons. The third kappa shape index (κ3) is 3.54. The van der Waals surface area contributed by atoms with Crippen molar-refractivity contribution < 1.29 is 13.2 Å². The Labute approximate surface area is 133 Å². The Morgan fingerprint density at radius 2 is 1.89 bits per heavy atom. The van der Waals surface area contributed by atoms with Crippen LogP contribution in [0.15, 0.2) is 34.8 Å². The molecule has 0 saturated carbocycles. The summed E-state index contributed by atoms with van der Waals surface area (Å²) < 4.78 is 39.3. The van der Waals surface area contributed by atoms with Gasteiger partial charge in [0, 0.05) is 9.35 Å². The molecule has 0 spiro atoms. The second-order valence-electron chi connectivity index (χ2n) is 3.76. The van der Waals surface area contributed by atoms with Crippen LogP contribution in [0.4, 0.5) is 13.2 Å². The van der Waals surface area contributed by atoms with Crippen LogP contribution in [0.3, 0.4) is 0 Å². The van der Waals surface area contributed by atoms with Crippen molar-refractivity contribution in [3.05, 3.63) is 55.1 Å². The second kappa shape index (κ2) is 5.76. The monoisotopic (exact) mass is 432 g/mol. The van der Waals surface area contributed by atoms with E-state index in [-0.39, 0.29) is 4.83 Å². The average molecular weight is 435 g/mol. The van der Waals surface area contributed by atoms with E-state index in [0.29, 0.717) is 9.90 Å². The third-order valence-electron chi connectivity index (χ3n) is 2.42. The van der Waals surface area contributed by atoms with Crippen LogP contribution in [0.1, 0.15) is 20.8 Å². The minimum absolute atomic E-state index is 0.316. The maximum absolute atomic E-state index is 12.7. The molecule has 0 bridgehead atoms. The summed E-state index contributed by atoms with van der Waals surface area (Å²) in [5, 5.41) is 0. The van der Waals surface area contributed by atoms with E-state index in [0.717, 1.165) is 21.5 Å². The summed E-state index contributed by atoms with van der Waals surface area (Å²) in [7, 11) is 0.